The van der Waals surface area contributed by atoms with Crippen LogP contribution in [0, 0.1) is 19.8 Å². The number of esters is 1. The van der Waals surface area contributed by atoms with Crippen LogP contribution in [0.5, 0.6) is 0 Å². The van der Waals surface area contributed by atoms with Crippen molar-refractivity contribution in [3.8, 4) is 0 Å². The van der Waals surface area contributed by atoms with Crippen LogP contribution in [-0.4, -0.2) is 36.5 Å². The van der Waals surface area contributed by atoms with E-state index in [1.807, 2.05) is 43.9 Å². The van der Waals surface area contributed by atoms with Gasteiger partial charge in [0.1, 0.15) is 0 Å². The van der Waals surface area contributed by atoms with Gasteiger partial charge in [0.15, 0.2) is 0 Å². The van der Waals surface area contributed by atoms with Gasteiger partial charge >= 0.3 is 5.97 Å². The van der Waals surface area contributed by atoms with Crippen LogP contribution in [0.1, 0.15) is 60.5 Å². The Morgan fingerprint density at radius 2 is 1.83 bits per heavy atom. The van der Waals surface area contributed by atoms with Gasteiger partial charge in [-0.3, -0.25) is 9.59 Å². The zero-order valence-electron chi connectivity index (χ0n) is 15.3. The molecule has 1 saturated carbocycles. The number of carbonyl (C=O) groups excluding carboxylic acids is 2. The SMILES string of the molecule is COC(=O)C(C)CN(C(=O)c1ccc(C)c(C)c1)C1CCCCC1. The van der Waals surface area contributed by atoms with Crippen LogP contribution in [0.2, 0.25) is 0 Å². The smallest absolute Gasteiger partial charge is 0.310 e. The van der Waals surface area contributed by atoms with Gasteiger partial charge < -0.3 is 9.64 Å². The fourth-order valence-electron chi connectivity index (χ4n) is 3.40. The highest BCUT2D eigenvalue weighted by Gasteiger charge is 2.29. The molecule has 0 radical (unpaired) electrons. The van der Waals surface area contributed by atoms with Crippen molar-refractivity contribution in [1.82, 2.24) is 4.90 Å². The van der Waals surface area contributed by atoms with Gasteiger partial charge in [0.2, 0.25) is 0 Å². The molecule has 0 bridgehead atoms. The molecule has 0 heterocycles. The number of aryl methyl sites for hydroxylation is 2. The van der Waals surface area contributed by atoms with Crippen LogP contribution >= 0.6 is 0 Å². The van der Waals surface area contributed by atoms with E-state index >= 15 is 0 Å². The number of rotatable bonds is 5. The lowest BCUT2D eigenvalue weighted by atomic mass is 9.92. The van der Waals surface area contributed by atoms with Crippen molar-refractivity contribution in [1.29, 1.82) is 0 Å². The molecule has 1 fully saturated rings. The molecular formula is C20H29NO3. The maximum absolute atomic E-state index is 13.1. The molecule has 0 saturated heterocycles. The van der Waals surface area contributed by atoms with Crippen molar-refractivity contribution < 1.29 is 14.3 Å². The monoisotopic (exact) mass is 331 g/mol. The highest BCUT2D eigenvalue weighted by Crippen LogP contribution is 2.25. The minimum absolute atomic E-state index is 0.0285. The summed E-state index contributed by atoms with van der Waals surface area (Å²) in [4.78, 5) is 26.9. The Bertz CT molecular complexity index is 591. The second kappa shape index (κ2) is 8.32. The van der Waals surface area contributed by atoms with Crippen LogP contribution in [0.3, 0.4) is 0 Å². The van der Waals surface area contributed by atoms with Crippen molar-refractivity contribution in [2.24, 2.45) is 5.92 Å². The highest BCUT2D eigenvalue weighted by molar-refractivity contribution is 5.95. The van der Waals surface area contributed by atoms with E-state index < -0.39 is 0 Å². The second-order valence-electron chi connectivity index (χ2n) is 6.97. The Hall–Kier alpha value is -1.84. The summed E-state index contributed by atoms with van der Waals surface area (Å²) in [5, 5.41) is 0. The van der Waals surface area contributed by atoms with Gasteiger partial charge in [-0.05, 0) is 49.9 Å². The van der Waals surface area contributed by atoms with E-state index in [1.165, 1.54) is 19.1 Å². The Labute approximate surface area is 145 Å². The summed E-state index contributed by atoms with van der Waals surface area (Å²) in [7, 11) is 1.40. The van der Waals surface area contributed by atoms with E-state index in [1.54, 1.807) is 0 Å². The van der Waals surface area contributed by atoms with E-state index in [0.29, 0.717) is 12.1 Å². The maximum Gasteiger partial charge on any atom is 0.310 e. The minimum atomic E-state index is -0.313. The summed E-state index contributed by atoms with van der Waals surface area (Å²) in [6, 6.07) is 6.06. The number of hydrogen-bond acceptors (Lipinski definition) is 3. The third-order valence-corrected chi connectivity index (χ3v) is 5.10. The van der Waals surface area contributed by atoms with Crippen LogP contribution < -0.4 is 0 Å². The summed E-state index contributed by atoms with van der Waals surface area (Å²) >= 11 is 0. The topological polar surface area (TPSA) is 46.6 Å². The first kappa shape index (κ1) is 18.5. The van der Waals surface area contributed by atoms with Gasteiger partial charge in [0.25, 0.3) is 5.91 Å². The number of hydrogen-bond donors (Lipinski definition) is 0. The maximum atomic E-state index is 13.1. The van der Waals surface area contributed by atoms with E-state index in [4.69, 9.17) is 4.74 Å². The molecule has 0 spiro atoms. The van der Waals surface area contributed by atoms with Gasteiger partial charge in [-0.1, -0.05) is 32.3 Å². The normalized spacial score (nSPS) is 16.5. The minimum Gasteiger partial charge on any atom is -0.469 e. The first-order valence-corrected chi connectivity index (χ1v) is 8.90. The molecule has 1 aromatic carbocycles. The molecule has 132 valence electrons. The molecule has 1 aliphatic rings. The largest absolute Gasteiger partial charge is 0.469 e. The molecule has 2 rings (SSSR count). The summed E-state index contributed by atoms with van der Waals surface area (Å²) in [5.41, 5.74) is 3.00. The predicted octanol–water partition coefficient (Wildman–Crippen LogP) is 3.89. The van der Waals surface area contributed by atoms with Crippen molar-refractivity contribution in [2.75, 3.05) is 13.7 Å². The molecule has 4 heteroatoms. The molecule has 1 aromatic rings. The summed E-state index contributed by atoms with van der Waals surface area (Å²) in [5.74, 6) is -0.545. The summed E-state index contributed by atoms with van der Waals surface area (Å²) in [6.45, 7) is 6.31. The Balaban J connectivity index is 2.24. The predicted molar refractivity (Wildman–Crippen MR) is 95.0 cm³/mol. The molecular weight excluding hydrogens is 302 g/mol. The number of ether oxygens (including phenoxy) is 1. The summed E-state index contributed by atoms with van der Waals surface area (Å²) < 4.78 is 4.84. The van der Waals surface area contributed by atoms with Crippen molar-refractivity contribution in [2.45, 2.75) is 58.9 Å². The molecule has 0 N–H and O–H groups in total. The Kier molecular flexibility index (Phi) is 6.41. The number of carbonyl (C=O) groups is 2. The fourth-order valence-corrected chi connectivity index (χ4v) is 3.40. The van der Waals surface area contributed by atoms with Gasteiger partial charge in [-0.15, -0.1) is 0 Å². The van der Waals surface area contributed by atoms with E-state index in [2.05, 4.69) is 0 Å². The van der Waals surface area contributed by atoms with Crippen molar-refractivity contribution in [3.05, 3.63) is 34.9 Å². The number of nitrogens with zero attached hydrogens (tertiary/aromatic N) is 1. The number of amides is 1. The zero-order valence-corrected chi connectivity index (χ0v) is 15.3. The number of methoxy groups -OCH3 is 1. The van der Waals surface area contributed by atoms with Crippen LogP contribution in [0.15, 0.2) is 18.2 Å². The van der Waals surface area contributed by atoms with Gasteiger partial charge in [-0.25, -0.2) is 0 Å². The first-order valence-electron chi connectivity index (χ1n) is 8.90. The molecule has 0 aromatic heterocycles. The van der Waals surface area contributed by atoms with Crippen LogP contribution in [-0.2, 0) is 9.53 Å². The van der Waals surface area contributed by atoms with Crippen molar-refractivity contribution >= 4 is 11.9 Å². The Morgan fingerprint density at radius 3 is 2.42 bits per heavy atom. The number of benzene rings is 1. The zero-order chi connectivity index (χ0) is 17.7. The molecule has 0 aliphatic heterocycles. The van der Waals surface area contributed by atoms with E-state index in [0.717, 1.165) is 31.2 Å². The van der Waals surface area contributed by atoms with Gasteiger partial charge in [0.05, 0.1) is 13.0 Å². The molecule has 4 nitrogen and oxygen atoms in total. The average molecular weight is 331 g/mol. The molecule has 1 atom stereocenters. The quantitative estimate of drug-likeness (QED) is 0.769. The molecule has 24 heavy (non-hydrogen) atoms. The van der Waals surface area contributed by atoms with Crippen molar-refractivity contribution in [3.63, 3.8) is 0 Å². The lowest BCUT2D eigenvalue weighted by Gasteiger charge is -2.35. The molecule has 1 aliphatic carbocycles. The van der Waals surface area contributed by atoms with E-state index in [9.17, 15) is 9.59 Å². The third-order valence-electron chi connectivity index (χ3n) is 5.10. The lowest BCUT2D eigenvalue weighted by Crippen LogP contribution is -2.45. The standard InChI is InChI=1S/C20H29NO3/c1-14-10-11-17(12-15(14)2)19(22)21(13-16(3)20(23)24-4)18-8-6-5-7-9-18/h10-12,16,18H,5-9,13H2,1-4H3. The van der Waals surface area contributed by atoms with Crippen LogP contribution in [0.25, 0.3) is 0 Å². The fraction of sp³-hybridized carbons (Fsp3) is 0.600. The van der Waals surface area contributed by atoms with Crippen LogP contribution in [0.4, 0.5) is 0 Å². The van der Waals surface area contributed by atoms with Gasteiger partial charge in [-0.2, -0.15) is 0 Å². The molecule has 1 amide bonds. The third kappa shape index (κ3) is 4.37. The highest BCUT2D eigenvalue weighted by atomic mass is 16.5. The molecule has 1 unspecified atom stereocenters. The Morgan fingerprint density at radius 1 is 1.17 bits per heavy atom. The van der Waals surface area contributed by atoms with Gasteiger partial charge in [0, 0.05) is 18.2 Å². The second-order valence-corrected chi connectivity index (χ2v) is 6.97. The first-order chi connectivity index (χ1) is 11.4. The lowest BCUT2D eigenvalue weighted by molar-refractivity contribution is -0.145. The average Bonchev–Trinajstić information content (AvgIpc) is 2.61. The summed E-state index contributed by atoms with van der Waals surface area (Å²) in [6.07, 6.45) is 5.56. The van der Waals surface area contributed by atoms with E-state index in [-0.39, 0.29) is 23.8 Å².